The summed E-state index contributed by atoms with van der Waals surface area (Å²) in [5, 5.41) is 11.6. The molecule has 2 N–H and O–H groups in total. The van der Waals surface area contributed by atoms with Gasteiger partial charge in [-0.3, -0.25) is 4.79 Å². The van der Waals surface area contributed by atoms with E-state index in [9.17, 15) is 9.59 Å². The summed E-state index contributed by atoms with van der Waals surface area (Å²) in [5.74, 6) is -1.19. The lowest BCUT2D eigenvalue weighted by molar-refractivity contribution is -0.143. The van der Waals surface area contributed by atoms with Crippen molar-refractivity contribution in [3.8, 4) is 0 Å². The van der Waals surface area contributed by atoms with Crippen LogP contribution in [0.3, 0.4) is 0 Å². The van der Waals surface area contributed by atoms with Crippen LogP contribution in [0.4, 0.5) is 0 Å². The molecule has 2 unspecified atom stereocenters. The van der Waals surface area contributed by atoms with Crippen LogP contribution in [0.15, 0.2) is 0 Å². The Morgan fingerprint density at radius 1 is 1.69 bits per heavy atom. The van der Waals surface area contributed by atoms with Crippen molar-refractivity contribution in [2.45, 2.75) is 45.3 Å². The predicted octanol–water partition coefficient (Wildman–Crippen LogP) is 0.781. The highest BCUT2D eigenvalue weighted by Crippen LogP contribution is 2.40. The molecule has 0 bridgehead atoms. The molecule has 0 saturated carbocycles. The second kappa shape index (κ2) is 4.05. The predicted molar refractivity (Wildman–Crippen MR) is 58.0 cm³/mol. The fourth-order valence-corrected chi connectivity index (χ4v) is 2.42. The van der Waals surface area contributed by atoms with Crippen molar-refractivity contribution in [1.82, 2.24) is 5.32 Å². The number of aliphatic carboxylic acids is 1. The van der Waals surface area contributed by atoms with Gasteiger partial charge in [0, 0.05) is 18.9 Å². The Bertz CT molecular complexity index is 313. The number of ether oxygens (including phenoxy) is 1. The van der Waals surface area contributed by atoms with Crippen LogP contribution in [-0.2, 0) is 14.3 Å². The van der Waals surface area contributed by atoms with Crippen LogP contribution in [0.25, 0.3) is 0 Å². The third-order valence-corrected chi connectivity index (χ3v) is 3.20. The fraction of sp³-hybridized carbons (Fsp3) is 0.818. The van der Waals surface area contributed by atoms with Gasteiger partial charge in [-0.25, -0.2) is 4.79 Å². The number of amides is 1. The molecule has 1 heterocycles. The summed E-state index contributed by atoms with van der Waals surface area (Å²) in [6.45, 7) is 5.59. The molecule has 0 aliphatic carbocycles. The van der Waals surface area contributed by atoms with Crippen molar-refractivity contribution in [3.05, 3.63) is 0 Å². The maximum atomic E-state index is 11.3. The normalized spacial score (nSPS) is 30.2. The monoisotopic (exact) mass is 229 g/mol. The topological polar surface area (TPSA) is 75.6 Å². The molecule has 0 aromatic rings. The Balaban J connectivity index is 2.89. The van der Waals surface area contributed by atoms with Gasteiger partial charge in [0.15, 0.2) is 0 Å². The highest BCUT2D eigenvalue weighted by molar-refractivity contribution is 5.89. The first-order valence-corrected chi connectivity index (χ1v) is 5.27. The summed E-state index contributed by atoms with van der Waals surface area (Å²) in [4.78, 5) is 22.4. The molecule has 5 heteroatoms. The number of carbonyl (C=O) groups excluding carboxylic acids is 1. The zero-order chi connectivity index (χ0) is 12.6. The standard InChI is InChI=1S/C11H19NO4/c1-10(2,16-4)6-11(3)5-7(13)12-8(11)9(14)15/h8H,5-6H2,1-4H3,(H,12,13)(H,14,15). The van der Waals surface area contributed by atoms with Gasteiger partial charge in [0.25, 0.3) is 0 Å². The van der Waals surface area contributed by atoms with E-state index in [0.29, 0.717) is 6.42 Å². The van der Waals surface area contributed by atoms with E-state index >= 15 is 0 Å². The third kappa shape index (κ3) is 2.52. The summed E-state index contributed by atoms with van der Waals surface area (Å²) in [7, 11) is 1.59. The maximum absolute atomic E-state index is 11.3. The number of hydrogen-bond acceptors (Lipinski definition) is 3. The van der Waals surface area contributed by atoms with Gasteiger partial charge in [-0.1, -0.05) is 6.92 Å². The zero-order valence-electron chi connectivity index (χ0n) is 10.2. The quantitative estimate of drug-likeness (QED) is 0.747. The van der Waals surface area contributed by atoms with E-state index in [1.54, 1.807) is 7.11 Å². The van der Waals surface area contributed by atoms with Crippen LogP contribution in [0, 0.1) is 5.41 Å². The van der Waals surface area contributed by atoms with Crippen LogP contribution >= 0.6 is 0 Å². The molecule has 0 aromatic carbocycles. The lowest BCUT2D eigenvalue weighted by atomic mass is 9.74. The van der Waals surface area contributed by atoms with Crippen molar-refractivity contribution < 1.29 is 19.4 Å². The number of carboxylic acids is 1. The molecule has 1 aliphatic rings. The van der Waals surface area contributed by atoms with Gasteiger partial charge in [0.2, 0.25) is 5.91 Å². The Morgan fingerprint density at radius 3 is 2.69 bits per heavy atom. The molecule has 0 spiro atoms. The summed E-state index contributed by atoms with van der Waals surface area (Å²) in [6.07, 6.45) is 0.753. The molecule has 2 atom stereocenters. The maximum Gasteiger partial charge on any atom is 0.326 e. The van der Waals surface area contributed by atoms with Gasteiger partial charge < -0.3 is 15.2 Å². The van der Waals surface area contributed by atoms with Crippen LogP contribution in [0.1, 0.15) is 33.6 Å². The third-order valence-electron chi connectivity index (χ3n) is 3.20. The van der Waals surface area contributed by atoms with Crippen LogP contribution in [0.5, 0.6) is 0 Å². The highest BCUT2D eigenvalue weighted by atomic mass is 16.5. The van der Waals surface area contributed by atoms with E-state index < -0.39 is 23.0 Å². The van der Waals surface area contributed by atoms with E-state index in [1.807, 2.05) is 20.8 Å². The van der Waals surface area contributed by atoms with Crippen LogP contribution in [-0.4, -0.2) is 35.7 Å². The Hall–Kier alpha value is -1.10. The van der Waals surface area contributed by atoms with Gasteiger partial charge in [0.05, 0.1) is 5.60 Å². The number of rotatable bonds is 4. The average Bonchev–Trinajstić information content (AvgIpc) is 2.40. The first-order valence-electron chi connectivity index (χ1n) is 5.27. The molecule has 1 saturated heterocycles. The number of hydrogen-bond donors (Lipinski definition) is 2. The fourth-order valence-electron chi connectivity index (χ4n) is 2.42. The minimum Gasteiger partial charge on any atom is -0.480 e. The van der Waals surface area contributed by atoms with E-state index in [4.69, 9.17) is 9.84 Å². The molecular weight excluding hydrogens is 210 g/mol. The van der Waals surface area contributed by atoms with Gasteiger partial charge in [-0.2, -0.15) is 0 Å². The SMILES string of the molecule is COC(C)(C)CC1(C)CC(=O)NC1C(=O)O. The second-order valence-electron chi connectivity index (χ2n) is 5.31. The molecular formula is C11H19NO4. The molecule has 1 fully saturated rings. The molecule has 0 aromatic heterocycles. The number of carboxylic acid groups (broad SMARTS) is 1. The minimum atomic E-state index is -0.986. The van der Waals surface area contributed by atoms with Gasteiger partial charge >= 0.3 is 5.97 Å². The zero-order valence-corrected chi connectivity index (χ0v) is 10.2. The molecule has 92 valence electrons. The Kier molecular flexibility index (Phi) is 3.28. The molecule has 1 aliphatic heterocycles. The van der Waals surface area contributed by atoms with Crippen molar-refractivity contribution in [1.29, 1.82) is 0 Å². The Labute approximate surface area is 95.2 Å². The first kappa shape index (κ1) is 13.0. The molecule has 1 amide bonds. The summed E-state index contributed by atoms with van der Waals surface area (Å²) < 4.78 is 5.30. The van der Waals surface area contributed by atoms with E-state index in [-0.39, 0.29) is 12.3 Å². The first-order chi connectivity index (χ1) is 7.20. The molecule has 16 heavy (non-hydrogen) atoms. The van der Waals surface area contributed by atoms with Gasteiger partial charge in [-0.05, 0) is 20.3 Å². The van der Waals surface area contributed by atoms with Crippen LogP contribution < -0.4 is 5.32 Å². The lowest BCUT2D eigenvalue weighted by Crippen LogP contribution is -2.45. The van der Waals surface area contributed by atoms with E-state index in [1.165, 1.54) is 0 Å². The number of carbonyl (C=O) groups is 2. The van der Waals surface area contributed by atoms with Crippen LogP contribution in [0.2, 0.25) is 0 Å². The smallest absolute Gasteiger partial charge is 0.326 e. The molecule has 0 radical (unpaired) electrons. The van der Waals surface area contributed by atoms with Crippen molar-refractivity contribution in [3.63, 3.8) is 0 Å². The summed E-state index contributed by atoms with van der Waals surface area (Å²) in [5.41, 5.74) is -1.03. The molecule has 1 rings (SSSR count). The van der Waals surface area contributed by atoms with E-state index in [2.05, 4.69) is 5.32 Å². The van der Waals surface area contributed by atoms with Gasteiger partial charge in [0.1, 0.15) is 6.04 Å². The van der Waals surface area contributed by atoms with E-state index in [0.717, 1.165) is 0 Å². The molecule has 5 nitrogen and oxygen atoms in total. The Morgan fingerprint density at radius 2 is 2.25 bits per heavy atom. The van der Waals surface area contributed by atoms with Crippen molar-refractivity contribution in [2.24, 2.45) is 5.41 Å². The minimum absolute atomic E-state index is 0.207. The van der Waals surface area contributed by atoms with Gasteiger partial charge in [-0.15, -0.1) is 0 Å². The lowest BCUT2D eigenvalue weighted by Gasteiger charge is -2.35. The van der Waals surface area contributed by atoms with Crippen molar-refractivity contribution in [2.75, 3.05) is 7.11 Å². The second-order valence-corrected chi connectivity index (χ2v) is 5.31. The highest BCUT2D eigenvalue weighted by Gasteiger charge is 2.49. The largest absolute Gasteiger partial charge is 0.480 e. The summed E-state index contributed by atoms with van der Waals surface area (Å²) in [6, 6.07) is -0.825. The number of methoxy groups -OCH3 is 1. The number of nitrogens with one attached hydrogen (secondary N) is 1. The average molecular weight is 229 g/mol. The summed E-state index contributed by atoms with van der Waals surface area (Å²) >= 11 is 0. The van der Waals surface area contributed by atoms with Crippen molar-refractivity contribution >= 4 is 11.9 Å².